The summed E-state index contributed by atoms with van der Waals surface area (Å²) in [7, 11) is 0. The van der Waals surface area contributed by atoms with Crippen molar-refractivity contribution in [1.82, 2.24) is 0 Å². The standard InChI is InChI=1S/C8H13O/c1-2-3-5-8-6-4-7-9-8/h2,5,8H,1,3-4,6-7H2. The van der Waals surface area contributed by atoms with Gasteiger partial charge in [0, 0.05) is 6.61 Å². The van der Waals surface area contributed by atoms with Gasteiger partial charge in [0.1, 0.15) is 0 Å². The molecule has 1 saturated heterocycles. The van der Waals surface area contributed by atoms with E-state index in [2.05, 4.69) is 13.0 Å². The fraction of sp³-hybridized carbons (Fsp3) is 0.625. The van der Waals surface area contributed by atoms with Crippen LogP contribution in [0.15, 0.2) is 12.7 Å². The molecule has 0 N–H and O–H groups in total. The molecule has 1 heterocycles. The smallest absolute Gasteiger partial charge is 0.0610 e. The van der Waals surface area contributed by atoms with Crippen molar-refractivity contribution < 1.29 is 4.74 Å². The molecule has 0 amide bonds. The molecule has 1 aliphatic heterocycles. The van der Waals surface area contributed by atoms with Gasteiger partial charge < -0.3 is 4.74 Å². The van der Waals surface area contributed by atoms with Crippen molar-refractivity contribution in [3.05, 3.63) is 19.1 Å². The first kappa shape index (κ1) is 6.81. The van der Waals surface area contributed by atoms with Crippen LogP contribution >= 0.6 is 0 Å². The third-order valence-electron chi connectivity index (χ3n) is 1.53. The van der Waals surface area contributed by atoms with Gasteiger partial charge in [-0.15, -0.1) is 6.58 Å². The summed E-state index contributed by atoms with van der Waals surface area (Å²) in [6.45, 7) is 4.58. The van der Waals surface area contributed by atoms with Crippen LogP contribution in [0.3, 0.4) is 0 Å². The summed E-state index contributed by atoms with van der Waals surface area (Å²) in [5, 5.41) is 0. The molecule has 1 rings (SSSR count). The summed E-state index contributed by atoms with van der Waals surface area (Å²) in [4.78, 5) is 0. The number of hydrogen-bond acceptors (Lipinski definition) is 1. The van der Waals surface area contributed by atoms with E-state index in [0.29, 0.717) is 6.10 Å². The van der Waals surface area contributed by atoms with Gasteiger partial charge >= 0.3 is 0 Å². The average Bonchev–Trinajstić information content (AvgIpc) is 2.34. The Bertz CT molecular complexity index is 82.6. The highest BCUT2D eigenvalue weighted by molar-refractivity contribution is 4.86. The molecule has 0 aromatic rings. The molecule has 0 aromatic carbocycles. The second-order valence-corrected chi connectivity index (χ2v) is 2.31. The lowest BCUT2D eigenvalue weighted by atomic mass is 10.1. The molecule has 51 valence electrons. The Labute approximate surface area is 56.7 Å². The number of allylic oxidation sites excluding steroid dienone is 1. The zero-order chi connectivity index (χ0) is 6.53. The van der Waals surface area contributed by atoms with Crippen molar-refractivity contribution in [3.8, 4) is 0 Å². The SMILES string of the molecule is C=CC[CH]C1CCCO1. The van der Waals surface area contributed by atoms with E-state index in [4.69, 9.17) is 4.74 Å². The summed E-state index contributed by atoms with van der Waals surface area (Å²) in [5.41, 5.74) is 0. The summed E-state index contributed by atoms with van der Waals surface area (Å²) in [6.07, 6.45) is 7.90. The first-order valence-corrected chi connectivity index (χ1v) is 3.49. The third-order valence-corrected chi connectivity index (χ3v) is 1.53. The zero-order valence-electron chi connectivity index (χ0n) is 5.68. The van der Waals surface area contributed by atoms with Crippen LogP contribution in [0.2, 0.25) is 0 Å². The molecular weight excluding hydrogens is 112 g/mol. The minimum Gasteiger partial charge on any atom is -0.378 e. The van der Waals surface area contributed by atoms with Crippen molar-refractivity contribution >= 4 is 0 Å². The molecule has 1 heteroatoms. The fourth-order valence-electron chi connectivity index (χ4n) is 1.04. The van der Waals surface area contributed by atoms with Gasteiger partial charge in [-0.05, 0) is 25.7 Å². The summed E-state index contributed by atoms with van der Waals surface area (Å²) >= 11 is 0. The first-order valence-electron chi connectivity index (χ1n) is 3.49. The molecule has 0 saturated carbocycles. The Morgan fingerprint density at radius 2 is 2.56 bits per heavy atom. The molecule has 1 radical (unpaired) electrons. The summed E-state index contributed by atoms with van der Waals surface area (Å²) in [6, 6.07) is 0. The maximum atomic E-state index is 5.35. The van der Waals surface area contributed by atoms with E-state index in [1.54, 1.807) is 0 Å². The number of hydrogen-bond donors (Lipinski definition) is 0. The van der Waals surface area contributed by atoms with Crippen LogP contribution in [0, 0.1) is 6.42 Å². The highest BCUT2D eigenvalue weighted by Crippen LogP contribution is 2.15. The van der Waals surface area contributed by atoms with Crippen LogP contribution in [0.4, 0.5) is 0 Å². The number of ether oxygens (including phenoxy) is 1. The first-order chi connectivity index (χ1) is 4.43. The van der Waals surface area contributed by atoms with Crippen molar-refractivity contribution in [3.63, 3.8) is 0 Å². The predicted octanol–water partition coefficient (Wildman–Crippen LogP) is 1.95. The van der Waals surface area contributed by atoms with Crippen molar-refractivity contribution in [2.45, 2.75) is 25.4 Å². The Kier molecular flexibility index (Phi) is 2.78. The van der Waals surface area contributed by atoms with Crippen LogP contribution in [-0.2, 0) is 4.74 Å². The molecule has 0 aromatic heterocycles. The Hall–Kier alpha value is -0.300. The molecule has 1 atom stereocenters. The van der Waals surface area contributed by atoms with E-state index >= 15 is 0 Å². The molecule has 0 bridgehead atoms. The van der Waals surface area contributed by atoms with Gasteiger partial charge in [0.05, 0.1) is 6.10 Å². The topological polar surface area (TPSA) is 9.23 Å². The van der Waals surface area contributed by atoms with E-state index < -0.39 is 0 Å². The second kappa shape index (κ2) is 3.67. The van der Waals surface area contributed by atoms with E-state index in [-0.39, 0.29) is 0 Å². The minimum atomic E-state index is 0.419. The van der Waals surface area contributed by atoms with Gasteiger partial charge in [-0.25, -0.2) is 0 Å². The Morgan fingerprint density at radius 1 is 1.67 bits per heavy atom. The van der Waals surface area contributed by atoms with Crippen LogP contribution in [0.25, 0.3) is 0 Å². The predicted molar refractivity (Wildman–Crippen MR) is 38.1 cm³/mol. The van der Waals surface area contributed by atoms with E-state index in [1.807, 2.05) is 6.08 Å². The minimum absolute atomic E-state index is 0.419. The highest BCUT2D eigenvalue weighted by Gasteiger charge is 2.13. The molecule has 1 nitrogen and oxygen atoms in total. The van der Waals surface area contributed by atoms with Gasteiger partial charge in [0.2, 0.25) is 0 Å². The second-order valence-electron chi connectivity index (χ2n) is 2.31. The summed E-state index contributed by atoms with van der Waals surface area (Å²) in [5.74, 6) is 0. The van der Waals surface area contributed by atoms with Crippen LogP contribution < -0.4 is 0 Å². The highest BCUT2D eigenvalue weighted by atomic mass is 16.5. The quantitative estimate of drug-likeness (QED) is 0.524. The summed E-state index contributed by atoms with van der Waals surface area (Å²) < 4.78 is 5.35. The zero-order valence-corrected chi connectivity index (χ0v) is 5.68. The largest absolute Gasteiger partial charge is 0.378 e. The average molecular weight is 125 g/mol. The van der Waals surface area contributed by atoms with Gasteiger partial charge in [0.15, 0.2) is 0 Å². The normalized spacial score (nSPS) is 26.4. The van der Waals surface area contributed by atoms with Crippen LogP contribution in [0.5, 0.6) is 0 Å². The maximum Gasteiger partial charge on any atom is 0.0610 e. The monoisotopic (exact) mass is 125 g/mol. The lowest BCUT2D eigenvalue weighted by Crippen LogP contribution is -2.03. The van der Waals surface area contributed by atoms with Crippen molar-refractivity contribution in [1.29, 1.82) is 0 Å². The van der Waals surface area contributed by atoms with E-state index in [9.17, 15) is 0 Å². The Morgan fingerprint density at radius 3 is 3.11 bits per heavy atom. The van der Waals surface area contributed by atoms with Gasteiger partial charge in [-0.3, -0.25) is 0 Å². The third kappa shape index (κ3) is 2.19. The van der Waals surface area contributed by atoms with Gasteiger partial charge in [-0.2, -0.15) is 0 Å². The lowest BCUT2D eigenvalue weighted by molar-refractivity contribution is 0.133. The Balaban J connectivity index is 2.04. The van der Waals surface area contributed by atoms with E-state index in [0.717, 1.165) is 13.0 Å². The molecule has 9 heavy (non-hydrogen) atoms. The molecular formula is C8H13O. The fourth-order valence-corrected chi connectivity index (χ4v) is 1.04. The van der Waals surface area contributed by atoms with Gasteiger partial charge in [-0.1, -0.05) is 6.08 Å². The molecule has 1 aliphatic rings. The van der Waals surface area contributed by atoms with Gasteiger partial charge in [0.25, 0.3) is 0 Å². The van der Waals surface area contributed by atoms with Crippen LogP contribution in [0.1, 0.15) is 19.3 Å². The van der Waals surface area contributed by atoms with E-state index in [1.165, 1.54) is 12.8 Å². The number of rotatable bonds is 3. The lowest BCUT2D eigenvalue weighted by Gasteiger charge is -2.04. The molecule has 1 fully saturated rings. The maximum absolute atomic E-state index is 5.35. The van der Waals surface area contributed by atoms with Crippen molar-refractivity contribution in [2.24, 2.45) is 0 Å². The van der Waals surface area contributed by atoms with Crippen LogP contribution in [-0.4, -0.2) is 12.7 Å². The molecule has 1 unspecified atom stereocenters. The molecule has 0 spiro atoms. The molecule has 0 aliphatic carbocycles. The van der Waals surface area contributed by atoms with Crippen molar-refractivity contribution in [2.75, 3.05) is 6.61 Å².